The second-order valence-electron chi connectivity index (χ2n) is 4.71. The smallest absolute Gasteiger partial charge is 0.239 e. The number of amides is 1. The van der Waals surface area contributed by atoms with Crippen LogP contribution in [0.2, 0.25) is 0 Å². The summed E-state index contributed by atoms with van der Waals surface area (Å²) in [4.78, 5) is 11.9. The van der Waals surface area contributed by atoms with Crippen LogP contribution in [0.4, 0.5) is 0 Å². The zero-order valence-electron chi connectivity index (χ0n) is 11.8. The lowest BCUT2D eigenvalue weighted by Gasteiger charge is -2.24. The van der Waals surface area contributed by atoms with Crippen molar-refractivity contribution in [3.8, 4) is 5.75 Å². The third-order valence-corrected chi connectivity index (χ3v) is 3.43. The Balaban J connectivity index is 0.00000220. The third-order valence-electron chi connectivity index (χ3n) is 2.94. The molecule has 2 unspecified atom stereocenters. The van der Waals surface area contributed by atoms with Gasteiger partial charge >= 0.3 is 0 Å². The zero-order chi connectivity index (χ0) is 14.4. The average Bonchev–Trinajstić information content (AvgIpc) is 2.46. The Morgan fingerprint density at radius 2 is 2.43 bits per heavy atom. The maximum absolute atomic E-state index is 11.9. The fraction of sp³-hybridized carbons (Fsp3) is 0.500. The summed E-state index contributed by atoms with van der Waals surface area (Å²) < 4.78 is 12.0. The number of halogens is 2. The maximum atomic E-state index is 11.9. The van der Waals surface area contributed by atoms with Gasteiger partial charge in [-0.05, 0) is 25.1 Å². The lowest BCUT2D eigenvalue weighted by Crippen LogP contribution is -2.52. The molecule has 1 amide bonds. The van der Waals surface area contributed by atoms with Crippen LogP contribution in [0.3, 0.4) is 0 Å². The first kappa shape index (κ1) is 18.2. The van der Waals surface area contributed by atoms with Gasteiger partial charge in [0.1, 0.15) is 17.9 Å². The van der Waals surface area contributed by atoms with Crippen molar-refractivity contribution >= 4 is 34.2 Å². The molecule has 0 aliphatic carbocycles. The van der Waals surface area contributed by atoms with Gasteiger partial charge in [-0.2, -0.15) is 0 Å². The minimum atomic E-state index is -0.262. The Bertz CT molecular complexity index is 456. The minimum Gasteiger partial charge on any atom is -0.489 e. The first-order chi connectivity index (χ1) is 9.65. The number of nitrogens with one attached hydrogen (secondary N) is 2. The van der Waals surface area contributed by atoms with Crippen molar-refractivity contribution in [2.75, 3.05) is 26.3 Å². The van der Waals surface area contributed by atoms with Crippen LogP contribution in [0.5, 0.6) is 5.75 Å². The second kappa shape index (κ2) is 9.25. The van der Waals surface area contributed by atoms with E-state index < -0.39 is 0 Å². The van der Waals surface area contributed by atoms with Gasteiger partial charge in [-0.25, -0.2) is 0 Å². The first-order valence-corrected chi connectivity index (χ1v) is 7.45. The zero-order valence-corrected chi connectivity index (χ0v) is 14.2. The summed E-state index contributed by atoms with van der Waals surface area (Å²) in [5, 5.41) is 5.98. The molecule has 1 fully saturated rings. The van der Waals surface area contributed by atoms with Gasteiger partial charge in [-0.1, -0.05) is 22.0 Å². The highest BCUT2D eigenvalue weighted by Gasteiger charge is 2.21. The monoisotopic (exact) mass is 378 g/mol. The van der Waals surface area contributed by atoms with E-state index in [-0.39, 0.29) is 30.5 Å². The van der Waals surface area contributed by atoms with Crippen molar-refractivity contribution < 1.29 is 14.3 Å². The molecule has 5 nitrogen and oxygen atoms in total. The van der Waals surface area contributed by atoms with Crippen molar-refractivity contribution in [2.24, 2.45) is 0 Å². The summed E-state index contributed by atoms with van der Waals surface area (Å²) >= 11 is 3.39. The molecular formula is C14H20BrClN2O3. The summed E-state index contributed by atoms with van der Waals surface area (Å²) in [7, 11) is 0. The molecule has 0 bridgehead atoms. The van der Waals surface area contributed by atoms with E-state index in [0.29, 0.717) is 26.3 Å². The number of ether oxygens (including phenoxy) is 2. The summed E-state index contributed by atoms with van der Waals surface area (Å²) in [6.07, 6.45) is -0.0993. The van der Waals surface area contributed by atoms with Gasteiger partial charge in [0.05, 0.1) is 19.8 Å². The number of carbonyl (C=O) groups excluding carboxylic acids is 1. The molecule has 1 heterocycles. The Morgan fingerprint density at radius 3 is 3.10 bits per heavy atom. The highest BCUT2D eigenvalue weighted by atomic mass is 79.9. The number of benzene rings is 1. The van der Waals surface area contributed by atoms with E-state index in [0.717, 1.165) is 10.2 Å². The fourth-order valence-corrected chi connectivity index (χ4v) is 2.29. The Hall–Kier alpha value is -0.820. The summed E-state index contributed by atoms with van der Waals surface area (Å²) in [5.41, 5.74) is 0. The van der Waals surface area contributed by atoms with Crippen LogP contribution in [0.15, 0.2) is 28.7 Å². The van der Waals surface area contributed by atoms with E-state index in [1.54, 1.807) is 0 Å². The molecule has 2 N–H and O–H groups in total. The van der Waals surface area contributed by atoms with Gasteiger partial charge in [-0.3, -0.25) is 4.79 Å². The molecule has 1 saturated heterocycles. The van der Waals surface area contributed by atoms with Crippen molar-refractivity contribution in [1.29, 1.82) is 0 Å². The van der Waals surface area contributed by atoms with Crippen LogP contribution in [-0.2, 0) is 9.53 Å². The number of hydrogen-bond acceptors (Lipinski definition) is 4. The van der Waals surface area contributed by atoms with Crippen LogP contribution < -0.4 is 15.4 Å². The topological polar surface area (TPSA) is 59.6 Å². The van der Waals surface area contributed by atoms with Crippen molar-refractivity contribution in [3.05, 3.63) is 28.7 Å². The highest BCUT2D eigenvalue weighted by Crippen LogP contribution is 2.18. The van der Waals surface area contributed by atoms with E-state index in [1.165, 1.54) is 0 Å². The molecule has 2 atom stereocenters. The Morgan fingerprint density at radius 1 is 1.62 bits per heavy atom. The van der Waals surface area contributed by atoms with Gasteiger partial charge in [0.15, 0.2) is 0 Å². The lowest BCUT2D eigenvalue weighted by molar-refractivity contribution is -0.126. The summed E-state index contributed by atoms with van der Waals surface area (Å²) in [5.74, 6) is 0.731. The number of morpholine rings is 1. The molecule has 1 aliphatic heterocycles. The third kappa shape index (κ3) is 6.22. The quantitative estimate of drug-likeness (QED) is 0.818. The fourth-order valence-electron chi connectivity index (χ4n) is 1.92. The van der Waals surface area contributed by atoms with Gasteiger partial charge in [-0.15, -0.1) is 12.4 Å². The number of rotatable bonds is 5. The molecule has 1 aromatic carbocycles. The van der Waals surface area contributed by atoms with Crippen molar-refractivity contribution in [3.63, 3.8) is 0 Å². The summed E-state index contributed by atoms with van der Waals surface area (Å²) in [6, 6.07) is 7.37. The van der Waals surface area contributed by atoms with E-state index in [4.69, 9.17) is 9.47 Å². The molecule has 0 radical (unpaired) electrons. The molecule has 0 aromatic heterocycles. The van der Waals surface area contributed by atoms with Crippen LogP contribution in [0, 0.1) is 0 Å². The van der Waals surface area contributed by atoms with Crippen LogP contribution >= 0.6 is 28.3 Å². The normalized spacial score (nSPS) is 19.2. The number of carbonyl (C=O) groups is 1. The van der Waals surface area contributed by atoms with E-state index >= 15 is 0 Å². The average molecular weight is 380 g/mol. The van der Waals surface area contributed by atoms with E-state index in [9.17, 15) is 4.79 Å². The van der Waals surface area contributed by atoms with Crippen LogP contribution in [-0.4, -0.2) is 44.4 Å². The van der Waals surface area contributed by atoms with Gasteiger partial charge in [0.25, 0.3) is 0 Å². The second-order valence-corrected chi connectivity index (χ2v) is 5.63. The van der Waals surface area contributed by atoms with Crippen molar-refractivity contribution in [2.45, 2.75) is 19.1 Å². The van der Waals surface area contributed by atoms with E-state index in [1.807, 2.05) is 31.2 Å². The SMILES string of the molecule is CC(CNC(=O)C1COCCN1)Oc1cccc(Br)c1.Cl. The van der Waals surface area contributed by atoms with Gasteiger partial charge in [0.2, 0.25) is 5.91 Å². The molecule has 118 valence electrons. The molecule has 0 spiro atoms. The number of hydrogen-bond donors (Lipinski definition) is 2. The van der Waals surface area contributed by atoms with Crippen molar-refractivity contribution in [1.82, 2.24) is 10.6 Å². The largest absolute Gasteiger partial charge is 0.489 e. The molecule has 21 heavy (non-hydrogen) atoms. The lowest BCUT2D eigenvalue weighted by atomic mass is 10.2. The minimum absolute atomic E-state index is 0. The van der Waals surface area contributed by atoms with Crippen LogP contribution in [0.25, 0.3) is 0 Å². The molecule has 1 aliphatic rings. The Kier molecular flexibility index (Phi) is 8.03. The van der Waals surface area contributed by atoms with E-state index in [2.05, 4.69) is 26.6 Å². The molecule has 2 rings (SSSR count). The van der Waals surface area contributed by atoms with Crippen LogP contribution in [0.1, 0.15) is 6.92 Å². The molecule has 7 heteroatoms. The molecule has 0 saturated carbocycles. The van der Waals surface area contributed by atoms with Gasteiger partial charge < -0.3 is 20.1 Å². The maximum Gasteiger partial charge on any atom is 0.239 e. The Labute approximate surface area is 139 Å². The molecular weight excluding hydrogens is 360 g/mol. The van der Waals surface area contributed by atoms with Gasteiger partial charge in [0, 0.05) is 11.0 Å². The predicted octanol–water partition coefficient (Wildman–Crippen LogP) is 1.74. The summed E-state index contributed by atoms with van der Waals surface area (Å²) in [6.45, 7) is 4.18. The first-order valence-electron chi connectivity index (χ1n) is 6.66. The molecule has 1 aromatic rings. The standard InChI is InChI=1S/C14H19BrN2O3.ClH/c1-10(20-12-4-2-3-11(15)7-12)8-17-14(18)13-9-19-6-5-16-13;/h2-4,7,10,13,16H,5-6,8-9H2,1H3,(H,17,18);1H. The predicted molar refractivity (Wildman–Crippen MR) is 87.1 cm³/mol. The highest BCUT2D eigenvalue weighted by molar-refractivity contribution is 9.10.